The highest BCUT2D eigenvalue weighted by Crippen LogP contribution is 2.61. The normalized spacial score (nSPS) is 28.7. The van der Waals surface area contributed by atoms with Crippen LogP contribution in [0.15, 0.2) is 55.6 Å². The molecule has 3 saturated heterocycles. The maximum absolute atomic E-state index is 14.4. The molecule has 1 unspecified atom stereocenters. The summed E-state index contributed by atoms with van der Waals surface area (Å²) in [5, 5.41) is 13.3. The Kier molecular flexibility index (Phi) is 11.3. The lowest BCUT2D eigenvalue weighted by atomic mass is 9.70. The number of nitrogens with one attached hydrogen (secondary N) is 1. The van der Waals surface area contributed by atoms with Gasteiger partial charge in [-0.1, -0.05) is 65.3 Å². The van der Waals surface area contributed by atoms with E-state index in [0.29, 0.717) is 24.8 Å². The summed E-state index contributed by atoms with van der Waals surface area (Å²) < 4.78 is 12.8. The molecule has 1 spiro atoms. The Morgan fingerprint density at radius 2 is 1.91 bits per heavy atom. The van der Waals surface area contributed by atoms with Crippen molar-refractivity contribution in [2.75, 3.05) is 13.2 Å². The molecule has 1 aromatic rings. The van der Waals surface area contributed by atoms with Crippen molar-refractivity contribution in [2.24, 2.45) is 11.8 Å². The van der Waals surface area contributed by atoms with Crippen molar-refractivity contribution in [3.05, 3.63) is 61.2 Å². The lowest BCUT2D eigenvalue weighted by Gasteiger charge is -2.40. The van der Waals surface area contributed by atoms with Gasteiger partial charge < -0.3 is 29.7 Å². The topological polar surface area (TPSA) is 125 Å². The van der Waals surface area contributed by atoms with E-state index < -0.39 is 59.6 Å². The third kappa shape index (κ3) is 6.49. The number of hydrogen-bond acceptors (Lipinski definition) is 7. The number of nitrogens with zero attached hydrogens (tertiary/aromatic N) is 2. The predicted octanol–water partition coefficient (Wildman–Crippen LogP) is 3.68. The number of benzene rings is 1. The Hall–Kier alpha value is -3.02. The third-order valence-corrected chi connectivity index (χ3v) is 10.2. The van der Waals surface area contributed by atoms with Crippen molar-refractivity contribution in [1.82, 2.24) is 15.1 Å². The number of fused-ring (bicyclic) bond motifs is 1. The molecule has 3 aliphatic rings. The second-order valence-electron chi connectivity index (χ2n) is 12.5. The number of likely N-dealkylation sites (tertiary alicyclic amines) is 1. The zero-order valence-corrected chi connectivity index (χ0v) is 28.1. The molecular formula is C34H46BrN3O7. The highest BCUT2D eigenvalue weighted by atomic mass is 79.9. The average molecular weight is 689 g/mol. The van der Waals surface area contributed by atoms with Gasteiger partial charge in [-0.2, -0.15) is 0 Å². The van der Waals surface area contributed by atoms with Gasteiger partial charge in [0.05, 0.1) is 36.6 Å². The first-order chi connectivity index (χ1) is 21.5. The fourth-order valence-electron chi connectivity index (χ4n) is 7.21. The molecule has 3 heterocycles. The Morgan fingerprint density at radius 3 is 2.49 bits per heavy atom. The zero-order valence-electron chi connectivity index (χ0n) is 26.6. The molecule has 0 radical (unpaired) electrons. The van der Waals surface area contributed by atoms with Crippen LogP contribution < -0.4 is 5.32 Å². The number of esters is 1. The van der Waals surface area contributed by atoms with Gasteiger partial charge in [0.2, 0.25) is 17.7 Å². The summed E-state index contributed by atoms with van der Waals surface area (Å²) in [6.45, 7) is 14.8. The second-order valence-corrected chi connectivity index (χ2v) is 13.7. The molecule has 3 aliphatic heterocycles. The Labute approximate surface area is 274 Å². The van der Waals surface area contributed by atoms with E-state index in [1.54, 1.807) is 24.0 Å². The van der Waals surface area contributed by atoms with Crippen molar-refractivity contribution >= 4 is 39.6 Å². The van der Waals surface area contributed by atoms with Gasteiger partial charge in [0, 0.05) is 23.8 Å². The molecule has 2 bridgehead atoms. The number of alkyl halides is 1. The third-order valence-electron chi connectivity index (χ3n) is 9.33. The molecule has 2 N–H and O–H groups in total. The molecule has 3 fully saturated rings. The number of rotatable bonds is 15. The van der Waals surface area contributed by atoms with Crippen LogP contribution in [0.2, 0.25) is 0 Å². The first-order valence-electron chi connectivity index (χ1n) is 15.8. The van der Waals surface area contributed by atoms with Gasteiger partial charge in [-0.15, -0.1) is 13.2 Å². The summed E-state index contributed by atoms with van der Waals surface area (Å²) in [5.41, 5.74) is -0.604. The number of allylic oxidation sites excluding steroid dienone is 1. The van der Waals surface area contributed by atoms with E-state index in [9.17, 15) is 24.3 Å². The number of aliphatic hydroxyl groups is 1. The highest BCUT2D eigenvalue weighted by molar-refractivity contribution is 9.09. The molecule has 0 aliphatic carbocycles. The van der Waals surface area contributed by atoms with Crippen LogP contribution in [0, 0.1) is 11.8 Å². The van der Waals surface area contributed by atoms with E-state index in [0.717, 1.165) is 0 Å². The van der Waals surface area contributed by atoms with E-state index in [2.05, 4.69) is 34.4 Å². The number of amides is 3. The lowest BCUT2D eigenvalue weighted by molar-refractivity contribution is -0.162. The predicted molar refractivity (Wildman–Crippen MR) is 173 cm³/mol. The molecule has 1 aromatic carbocycles. The van der Waals surface area contributed by atoms with Gasteiger partial charge in [-0.3, -0.25) is 19.2 Å². The van der Waals surface area contributed by atoms with Crippen LogP contribution in [-0.4, -0.2) is 92.4 Å². The number of carbonyl (C=O) groups excluding carboxylic acids is 4. The lowest BCUT2D eigenvalue weighted by Crippen LogP contribution is -2.59. The second kappa shape index (κ2) is 14.6. The number of carbonyl (C=O) groups is 4. The monoisotopic (exact) mass is 687 g/mol. The average Bonchev–Trinajstić information content (AvgIpc) is 3.61. The minimum Gasteiger partial charge on any atom is -0.455 e. The molecule has 45 heavy (non-hydrogen) atoms. The summed E-state index contributed by atoms with van der Waals surface area (Å²) >= 11 is 3.70. The molecular weight excluding hydrogens is 642 g/mol. The molecule has 3 amide bonds. The van der Waals surface area contributed by atoms with Crippen LogP contribution in [-0.2, 0) is 28.7 Å². The van der Waals surface area contributed by atoms with Crippen molar-refractivity contribution in [3.8, 4) is 0 Å². The van der Waals surface area contributed by atoms with Crippen LogP contribution in [0.1, 0.15) is 65.0 Å². The van der Waals surface area contributed by atoms with Crippen LogP contribution in [0.5, 0.6) is 0 Å². The minimum atomic E-state index is -1.29. The number of aliphatic hydroxyl groups excluding tert-OH is 1. The van der Waals surface area contributed by atoms with Crippen LogP contribution >= 0.6 is 15.9 Å². The number of hydrogen-bond donors (Lipinski definition) is 2. The maximum Gasteiger partial charge on any atom is 0.313 e. The zero-order chi connectivity index (χ0) is 33.1. The van der Waals surface area contributed by atoms with Gasteiger partial charge >= 0.3 is 5.97 Å². The summed E-state index contributed by atoms with van der Waals surface area (Å²) in [6.07, 6.45) is 3.26. The molecule has 246 valence electrons. The number of halogens is 1. The molecule has 0 saturated carbocycles. The van der Waals surface area contributed by atoms with Crippen LogP contribution in [0.3, 0.4) is 0 Å². The van der Waals surface area contributed by atoms with E-state index in [-0.39, 0.29) is 42.3 Å². The molecule has 0 aromatic heterocycles. The minimum absolute atomic E-state index is 0.189. The Balaban J connectivity index is 1.72. The standard InChI is InChI=1S/C34H46BrN3O7/c1-7-10-16-25(40)36-21(6)28(22-14-12-11-13-15-22)44-33(43)26-27-31(41)38(23(9-3)19-39)30(32(42)37(17-8-2)20(4)5)34(27)18-24(35)29(26)45-34/h7-8,11-15,20-21,23-24,26-30,39H,1-2,9-10,16-19H2,3-6H3,(H,36,40)/t21-,23+,24?,26-,27+,28-,29-,30-,34+/m1/s1. The van der Waals surface area contributed by atoms with E-state index in [4.69, 9.17) is 9.47 Å². The maximum atomic E-state index is 14.4. The summed E-state index contributed by atoms with van der Waals surface area (Å²) in [6, 6.07) is 6.69. The smallest absolute Gasteiger partial charge is 0.313 e. The van der Waals surface area contributed by atoms with E-state index >= 15 is 0 Å². The molecule has 4 rings (SSSR count). The Bertz CT molecular complexity index is 1270. The first kappa shape index (κ1) is 34.8. The van der Waals surface area contributed by atoms with Gasteiger partial charge in [0.1, 0.15) is 17.7 Å². The molecule has 10 nitrogen and oxygen atoms in total. The van der Waals surface area contributed by atoms with Crippen molar-refractivity contribution in [1.29, 1.82) is 0 Å². The van der Waals surface area contributed by atoms with Crippen molar-refractivity contribution in [2.45, 2.75) is 100 Å². The largest absolute Gasteiger partial charge is 0.455 e. The number of ether oxygens (including phenoxy) is 2. The van der Waals surface area contributed by atoms with Gasteiger partial charge in [-0.25, -0.2) is 0 Å². The van der Waals surface area contributed by atoms with Crippen molar-refractivity contribution in [3.63, 3.8) is 0 Å². The van der Waals surface area contributed by atoms with Crippen LogP contribution in [0.25, 0.3) is 0 Å². The Morgan fingerprint density at radius 1 is 1.22 bits per heavy atom. The van der Waals surface area contributed by atoms with Gasteiger partial charge in [-0.05, 0) is 45.6 Å². The SMILES string of the molecule is C=CCCC(=O)N[C@H](C)[C@@H](OC(=O)[C@H]1[C@@H]2O[C@@]3(CC2Br)[C@@H]1C(=O)N([C@@H](CC)CO)[C@@H]3C(=O)N(CC=C)C(C)C)c1ccccc1. The first-order valence-corrected chi connectivity index (χ1v) is 16.7. The molecule has 9 atom stereocenters. The summed E-state index contributed by atoms with van der Waals surface area (Å²) in [5.74, 6) is -3.53. The van der Waals surface area contributed by atoms with E-state index in [1.807, 2.05) is 51.1 Å². The van der Waals surface area contributed by atoms with E-state index in [1.165, 1.54) is 4.90 Å². The van der Waals surface area contributed by atoms with Gasteiger partial charge in [0.25, 0.3) is 0 Å². The highest BCUT2D eigenvalue weighted by Gasteiger charge is 2.77. The quantitative estimate of drug-likeness (QED) is 0.164. The van der Waals surface area contributed by atoms with Crippen molar-refractivity contribution < 1.29 is 33.8 Å². The fourth-order valence-corrected chi connectivity index (χ4v) is 8.16. The molecule has 11 heteroatoms. The fraction of sp³-hybridized carbons (Fsp3) is 0.588. The summed E-state index contributed by atoms with van der Waals surface area (Å²) in [4.78, 5) is 58.4. The summed E-state index contributed by atoms with van der Waals surface area (Å²) in [7, 11) is 0. The van der Waals surface area contributed by atoms with Crippen LogP contribution in [0.4, 0.5) is 0 Å². The van der Waals surface area contributed by atoms with Gasteiger partial charge in [0.15, 0.2) is 0 Å².